The molecule has 2 aromatic carbocycles. The van der Waals surface area contributed by atoms with Crippen molar-refractivity contribution in [2.24, 2.45) is 0 Å². The van der Waals surface area contributed by atoms with Gasteiger partial charge in [-0.1, -0.05) is 42.5 Å². The van der Waals surface area contributed by atoms with Gasteiger partial charge in [-0.25, -0.2) is 17.8 Å². The molecule has 36 heavy (non-hydrogen) atoms. The minimum atomic E-state index is -3.98. The van der Waals surface area contributed by atoms with Crippen LogP contribution < -0.4 is 0 Å². The molecule has 3 aromatic rings. The quantitative estimate of drug-likeness (QED) is 0.379. The molecule has 1 fully saturated rings. The SMILES string of the molecule is C=CCN(Cc1cnc(S(=O)(=O)Cc2ccccc2F)n1C[C@H]1CCCO1)C(=O)c1ccccc1C. The molecule has 0 unspecified atom stereocenters. The van der Waals surface area contributed by atoms with E-state index >= 15 is 0 Å². The lowest BCUT2D eigenvalue weighted by Gasteiger charge is -2.24. The summed E-state index contributed by atoms with van der Waals surface area (Å²) in [4.78, 5) is 19.2. The number of benzene rings is 2. The molecule has 0 radical (unpaired) electrons. The van der Waals surface area contributed by atoms with E-state index in [4.69, 9.17) is 4.74 Å². The molecule has 9 heteroatoms. The Bertz CT molecular complexity index is 1350. The zero-order chi connectivity index (χ0) is 25.7. The number of rotatable bonds is 10. The van der Waals surface area contributed by atoms with Crippen LogP contribution in [0.25, 0.3) is 0 Å². The Morgan fingerprint density at radius 3 is 2.69 bits per heavy atom. The third kappa shape index (κ3) is 5.74. The van der Waals surface area contributed by atoms with Gasteiger partial charge in [0.05, 0.1) is 36.8 Å². The number of imidazole rings is 1. The number of amides is 1. The van der Waals surface area contributed by atoms with Crippen LogP contribution >= 0.6 is 0 Å². The predicted molar refractivity (Wildman–Crippen MR) is 135 cm³/mol. The molecule has 1 saturated heterocycles. The first-order valence-electron chi connectivity index (χ1n) is 11.9. The van der Waals surface area contributed by atoms with Gasteiger partial charge in [-0.05, 0) is 37.5 Å². The molecule has 1 aliphatic rings. The standard InChI is InChI=1S/C27H30FN3O4S/c1-3-14-30(26(32)24-12-6-4-9-20(24)2)17-22-16-29-27(31(22)18-23-11-8-15-35-23)36(33,34)19-21-10-5-7-13-25(21)28/h3-7,9-10,12-13,16,23H,1,8,11,14-15,17-19H2,2H3/t23-/m1/s1. The van der Waals surface area contributed by atoms with E-state index in [1.54, 1.807) is 33.7 Å². The lowest BCUT2D eigenvalue weighted by atomic mass is 10.1. The third-order valence-corrected chi connectivity index (χ3v) is 7.83. The van der Waals surface area contributed by atoms with Crippen molar-refractivity contribution >= 4 is 15.7 Å². The molecule has 4 rings (SSSR count). The average molecular weight is 512 g/mol. The van der Waals surface area contributed by atoms with Gasteiger partial charge in [-0.2, -0.15) is 0 Å². The second-order valence-electron chi connectivity index (χ2n) is 8.92. The summed E-state index contributed by atoms with van der Waals surface area (Å²) >= 11 is 0. The fraction of sp³-hybridized carbons (Fsp3) is 0.333. The lowest BCUT2D eigenvalue weighted by Crippen LogP contribution is -2.33. The summed E-state index contributed by atoms with van der Waals surface area (Å²) in [5.41, 5.74) is 2.05. The van der Waals surface area contributed by atoms with Crippen molar-refractivity contribution in [3.63, 3.8) is 0 Å². The van der Waals surface area contributed by atoms with Crippen LogP contribution in [0.4, 0.5) is 4.39 Å². The molecule has 0 N–H and O–H groups in total. The van der Waals surface area contributed by atoms with E-state index in [0.717, 1.165) is 18.4 Å². The minimum absolute atomic E-state index is 0.0775. The Kier molecular flexibility index (Phi) is 8.01. The van der Waals surface area contributed by atoms with E-state index in [0.29, 0.717) is 17.9 Å². The van der Waals surface area contributed by atoms with Crippen LogP contribution in [0.5, 0.6) is 0 Å². The highest BCUT2D eigenvalue weighted by Crippen LogP contribution is 2.24. The summed E-state index contributed by atoms with van der Waals surface area (Å²) in [6, 6.07) is 13.1. The number of aryl methyl sites for hydroxylation is 1. The fourth-order valence-corrected chi connectivity index (χ4v) is 5.91. The molecule has 1 amide bonds. The van der Waals surface area contributed by atoms with E-state index < -0.39 is 21.4 Å². The van der Waals surface area contributed by atoms with Crippen molar-refractivity contribution in [3.8, 4) is 0 Å². The highest BCUT2D eigenvalue weighted by Gasteiger charge is 2.29. The molecule has 2 heterocycles. The highest BCUT2D eigenvalue weighted by atomic mass is 32.2. The zero-order valence-electron chi connectivity index (χ0n) is 20.3. The molecule has 0 bridgehead atoms. The number of hydrogen-bond donors (Lipinski definition) is 0. The normalized spacial score (nSPS) is 15.7. The maximum Gasteiger partial charge on any atom is 0.254 e. The summed E-state index contributed by atoms with van der Waals surface area (Å²) in [5.74, 6) is -1.28. The first-order chi connectivity index (χ1) is 17.3. The van der Waals surface area contributed by atoms with Crippen LogP contribution in [0.2, 0.25) is 0 Å². The molecule has 190 valence electrons. The first-order valence-corrected chi connectivity index (χ1v) is 13.5. The van der Waals surface area contributed by atoms with Gasteiger partial charge in [-0.15, -0.1) is 6.58 Å². The molecule has 1 aliphatic heterocycles. The molecule has 7 nitrogen and oxygen atoms in total. The van der Waals surface area contributed by atoms with Gasteiger partial charge >= 0.3 is 0 Å². The molecule has 0 spiro atoms. The Morgan fingerprint density at radius 1 is 1.25 bits per heavy atom. The van der Waals surface area contributed by atoms with Crippen molar-refractivity contribution in [2.75, 3.05) is 13.2 Å². The molecular weight excluding hydrogens is 481 g/mol. The van der Waals surface area contributed by atoms with Crippen molar-refractivity contribution in [2.45, 2.75) is 49.9 Å². The number of carbonyl (C=O) groups is 1. The molecular formula is C27H30FN3O4S. The largest absolute Gasteiger partial charge is 0.376 e. The van der Waals surface area contributed by atoms with E-state index in [1.807, 2.05) is 19.1 Å². The number of halogens is 1. The molecule has 0 aliphatic carbocycles. The van der Waals surface area contributed by atoms with Gasteiger partial charge in [0, 0.05) is 24.3 Å². The zero-order valence-corrected chi connectivity index (χ0v) is 21.1. The van der Waals surface area contributed by atoms with Gasteiger partial charge in [0.15, 0.2) is 0 Å². The summed E-state index contributed by atoms with van der Waals surface area (Å²) in [5, 5.41) is -0.154. The van der Waals surface area contributed by atoms with E-state index in [1.165, 1.54) is 24.4 Å². The van der Waals surface area contributed by atoms with Gasteiger partial charge in [0.2, 0.25) is 15.0 Å². The number of nitrogens with zero attached hydrogens (tertiary/aromatic N) is 3. The molecule has 0 saturated carbocycles. The van der Waals surface area contributed by atoms with Gasteiger partial charge in [0.25, 0.3) is 5.91 Å². The Labute approximate surface area is 211 Å². The fourth-order valence-electron chi connectivity index (χ4n) is 4.39. The Hall–Kier alpha value is -3.30. The van der Waals surface area contributed by atoms with Gasteiger partial charge in [0.1, 0.15) is 5.82 Å². The van der Waals surface area contributed by atoms with Crippen LogP contribution in [0.15, 0.2) is 72.5 Å². The van der Waals surface area contributed by atoms with Crippen LogP contribution in [-0.2, 0) is 33.4 Å². The van der Waals surface area contributed by atoms with Crippen molar-refractivity contribution in [1.82, 2.24) is 14.5 Å². The van der Waals surface area contributed by atoms with Crippen LogP contribution in [0.1, 0.15) is 40.0 Å². The number of carbonyl (C=O) groups excluding carboxylic acids is 1. The Morgan fingerprint density at radius 2 is 2.00 bits per heavy atom. The third-order valence-electron chi connectivity index (χ3n) is 6.26. The second kappa shape index (κ2) is 11.2. The first kappa shape index (κ1) is 25.8. The predicted octanol–water partition coefficient (Wildman–Crippen LogP) is 4.31. The smallest absolute Gasteiger partial charge is 0.254 e. The number of ether oxygens (including phenoxy) is 1. The monoisotopic (exact) mass is 511 g/mol. The van der Waals surface area contributed by atoms with E-state index in [-0.39, 0.29) is 42.4 Å². The minimum Gasteiger partial charge on any atom is -0.376 e. The van der Waals surface area contributed by atoms with Crippen molar-refractivity contribution in [1.29, 1.82) is 0 Å². The number of aromatic nitrogens is 2. The summed E-state index contributed by atoms with van der Waals surface area (Å²) in [6.07, 6.45) is 4.63. The van der Waals surface area contributed by atoms with Crippen LogP contribution in [-0.4, -0.2) is 48.0 Å². The summed E-state index contributed by atoms with van der Waals surface area (Å²) < 4.78 is 48.4. The molecule has 1 aromatic heterocycles. The van der Waals surface area contributed by atoms with E-state index in [2.05, 4.69) is 11.6 Å². The topological polar surface area (TPSA) is 81.5 Å². The maximum absolute atomic E-state index is 14.2. The van der Waals surface area contributed by atoms with Gasteiger partial charge < -0.3 is 14.2 Å². The Balaban J connectivity index is 1.69. The second-order valence-corrected chi connectivity index (χ2v) is 10.8. The van der Waals surface area contributed by atoms with Crippen molar-refractivity contribution < 1.29 is 22.3 Å². The van der Waals surface area contributed by atoms with Gasteiger partial charge in [-0.3, -0.25) is 4.79 Å². The van der Waals surface area contributed by atoms with Crippen LogP contribution in [0, 0.1) is 12.7 Å². The molecule has 1 atom stereocenters. The number of sulfone groups is 1. The van der Waals surface area contributed by atoms with Crippen LogP contribution in [0.3, 0.4) is 0 Å². The summed E-state index contributed by atoms with van der Waals surface area (Å²) in [7, 11) is -3.98. The maximum atomic E-state index is 14.2. The highest BCUT2D eigenvalue weighted by molar-refractivity contribution is 7.90. The van der Waals surface area contributed by atoms with Crippen molar-refractivity contribution in [3.05, 3.63) is 95.6 Å². The lowest BCUT2D eigenvalue weighted by molar-refractivity contribution is 0.0751. The number of hydrogen-bond acceptors (Lipinski definition) is 5. The summed E-state index contributed by atoms with van der Waals surface area (Å²) in [6.45, 7) is 6.94. The van der Waals surface area contributed by atoms with E-state index in [9.17, 15) is 17.6 Å². The average Bonchev–Trinajstić information content (AvgIpc) is 3.51.